The molecule has 1 unspecified atom stereocenters. The zero-order valence-electron chi connectivity index (χ0n) is 11.0. The van der Waals surface area contributed by atoms with Gasteiger partial charge in [-0.3, -0.25) is 4.79 Å². The largest absolute Gasteiger partial charge is 0.363 e. The predicted molar refractivity (Wildman–Crippen MR) is 67.6 cm³/mol. The fraction of sp³-hybridized carbons (Fsp3) is 0.667. The Morgan fingerprint density at radius 1 is 1.61 bits per heavy atom. The Balaban J connectivity index is 1.97. The number of hydrogen-bond donors (Lipinski definition) is 1. The van der Waals surface area contributed by atoms with Crippen molar-refractivity contribution in [2.24, 2.45) is 0 Å². The number of hydrogen-bond acceptors (Lipinski definition) is 5. The molecule has 6 heteroatoms. The van der Waals surface area contributed by atoms with Gasteiger partial charge in [0.05, 0.1) is 6.61 Å². The van der Waals surface area contributed by atoms with Crippen LogP contribution >= 0.6 is 0 Å². The Morgan fingerprint density at radius 3 is 3.00 bits per heavy atom. The molecule has 0 spiro atoms. The van der Waals surface area contributed by atoms with Crippen molar-refractivity contribution in [2.45, 2.75) is 39.2 Å². The molecule has 1 aliphatic heterocycles. The molecule has 100 valence electrons. The molecule has 1 atom stereocenters. The first kappa shape index (κ1) is 13.0. The summed E-state index contributed by atoms with van der Waals surface area (Å²) in [5, 5.41) is 3.02. The average molecular weight is 253 g/mol. The van der Waals surface area contributed by atoms with Crippen LogP contribution in [0.15, 0.2) is 17.2 Å². The minimum Gasteiger partial charge on any atom is -0.363 e. The molecular formula is C12H19N3O3. The Bertz CT molecular complexity index is 470. The quantitative estimate of drug-likeness (QED) is 0.861. The third-order valence-electron chi connectivity index (χ3n) is 2.82. The standard InChI is InChI=1S/C12H19N3O3/c1-4-15-6-5-13-10(11(15)16)14-7-9-8-17-12(2,3)18-9/h5-6,9H,4,7-8H2,1-3H3,(H,13,14). The highest BCUT2D eigenvalue weighted by atomic mass is 16.7. The van der Waals surface area contributed by atoms with Crippen molar-refractivity contribution in [3.63, 3.8) is 0 Å². The minimum atomic E-state index is -0.542. The number of nitrogens with one attached hydrogen (secondary N) is 1. The van der Waals surface area contributed by atoms with E-state index in [1.54, 1.807) is 17.0 Å². The molecule has 6 nitrogen and oxygen atoms in total. The van der Waals surface area contributed by atoms with E-state index in [0.717, 1.165) is 0 Å². The van der Waals surface area contributed by atoms with Crippen molar-refractivity contribution in [1.29, 1.82) is 0 Å². The fourth-order valence-corrected chi connectivity index (χ4v) is 1.89. The van der Waals surface area contributed by atoms with E-state index in [2.05, 4.69) is 10.3 Å². The van der Waals surface area contributed by atoms with Crippen LogP contribution in [-0.2, 0) is 16.0 Å². The lowest BCUT2D eigenvalue weighted by molar-refractivity contribution is -0.136. The van der Waals surface area contributed by atoms with Gasteiger partial charge in [0.1, 0.15) is 6.10 Å². The summed E-state index contributed by atoms with van der Waals surface area (Å²) in [6, 6.07) is 0. The summed E-state index contributed by atoms with van der Waals surface area (Å²) < 4.78 is 12.7. The van der Waals surface area contributed by atoms with Gasteiger partial charge in [0.2, 0.25) is 0 Å². The van der Waals surface area contributed by atoms with E-state index in [1.807, 2.05) is 20.8 Å². The monoisotopic (exact) mass is 253 g/mol. The van der Waals surface area contributed by atoms with Crippen molar-refractivity contribution in [3.05, 3.63) is 22.7 Å². The maximum Gasteiger partial charge on any atom is 0.293 e. The van der Waals surface area contributed by atoms with Crippen LogP contribution in [0, 0.1) is 0 Å². The normalized spacial score (nSPS) is 22.1. The van der Waals surface area contributed by atoms with Crippen LogP contribution in [0.1, 0.15) is 20.8 Å². The SMILES string of the molecule is CCn1ccnc(NCC2COC(C)(C)O2)c1=O. The highest BCUT2D eigenvalue weighted by Gasteiger charge is 2.32. The van der Waals surface area contributed by atoms with E-state index in [-0.39, 0.29) is 11.7 Å². The van der Waals surface area contributed by atoms with E-state index in [9.17, 15) is 4.79 Å². The van der Waals surface area contributed by atoms with Crippen molar-refractivity contribution < 1.29 is 9.47 Å². The molecular weight excluding hydrogens is 234 g/mol. The molecule has 1 aromatic rings. The maximum absolute atomic E-state index is 11.9. The Morgan fingerprint density at radius 2 is 2.39 bits per heavy atom. The zero-order valence-corrected chi connectivity index (χ0v) is 11.0. The summed E-state index contributed by atoms with van der Waals surface area (Å²) in [7, 11) is 0. The molecule has 1 N–H and O–H groups in total. The molecule has 1 aliphatic rings. The highest BCUT2D eigenvalue weighted by Crippen LogP contribution is 2.21. The van der Waals surface area contributed by atoms with Crippen molar-refractivity contribution in [1.82, 2.24) is 9.55 Å². The topological polar surface area (TPSA) is 65.4 Å². The smallest absolute Gasteiger partial charge is 0.293 e. The molecule has 0 aromatic carbocycles. The van der Waals surface area contributed by atoms with Crippen molar-refractivity contribution in [2.75, 3.05) is 18.5 Å². The van der Waals surface area contributed by atoms with E-state index in [4.69, 9.17) is 9.47 Å². The fourth-order valence-electron chi connectivity index (χ4n) is 1.89. The second-order valence-electron chi connectivity index (χ2n) is 4.70. The number of nitrogens with zero attached hydrogens (tertiary/aromatic N) is 2. The van der Waals surface area contributed by atoms with Gasteiger partial charge < -0.3 is 19.4 Å². The molecule has 2 heterocycles. The first-order valence-corrected chi connectivity index (χ1v) is 6.13. The summed E-state index contributed by atoms with van der Waals surface area (Å²) >= 11 is 0. The van der Waals surface area contributed by atoms with E-state index < -0.39 is 5.79 Å². The van der Waals surface area contributed by atoms with Crippen LogP contribution in [0.2, 0.25) is 0 Å². The highest BCUT2D eigenvalue weighted by molar-refractivity contribution is 5.30. The molecule has 0 radical (unpaired) electrons. The summed E-state index contributed by atoms with van der Waals surface area (Å²) in [5.41, 5.74) is -0.113. The average Bonchev–Trinajstić information content (AvgIpc) is 2.68. The van der Waals surface area contributed by atoms with Crippen LogP contribution in [0.25, 0.3) is 0 Å². The zero-order chi connectivity index (χ0) is 13.2. The second-order valence-corrected chi connectivity index (χ2v) is 4.70. The van der Waals surface area contributed by atoms with Crippen molar-refractivity contribution in [3.8, 4) is 0 Å². The number of rotatable bonds is 4. The number of ether oxygens (including phenoxy) is 2. The first-order valence-electron chi connectivity index (χ1n) is 6.13. The Labute approximate surface area is 106 Å². The van der Waals surface area contributed by atoms with Gasteiger partial charge >= 0.3 is 0 Å². The van der Waals surface area contributed by atoms with Gasteiger partial charge in [0.25, 0.3) is 5.56 Å². The third-order valence-corrected chi connectivity index (χ3v) is 2.82. The van der Waals surface area contributed by atoms with Gasteiger partial charge in [-0.2, -0.15) is 0 Å². The Hall–Kier alpha value is -1.40. The number of anilines is 1. The molecule has 0 saturated carbocycles. The third kappa shape index (κ3) is 2.88. The van der Waals surface area contributed by atoms with Gasteiger partial charge in [0.15, 0.2) is 11.6 Å². The summed E-state index contributed by atoms with van der Waals surface area (Å²) in [6.07, 6.45) is 3.23. The van der Waals surface area contributed by atoms with Crippen LogP contribution < -0.4 is 10.9 Å². The molecule has 1 saturated heterocycles. The molecule has 1 aromatic heterocycles. The van der Waals surface area contributed by atoms with Gasteiger partial charge in [-0.05, 0) is 20.8 Å². The first-order chi connectivity index (χ1) is 8.52. The summed E-state index contributed by atoms with van der Waals surface area (Å²) in [5.74, 6) is -0.187. The van der Waals surface area contributed by atoms with Gasteiger partial charge in [-0.1, -0.05) is 0 Å². The lowest BCUT2D eigenvalue weighted by Gasteiger charge is -2.17. The molecule has 1 fully saturated rings. The molecule has 0 amide bonds. The van der Waals surface area contributed by atoms with Crippen LogP contribution in [0.3, 0.4) is 0 Å². The van der Waals surface area contributed by atoms with Crippen LogP contribution in [0.5, 0.6) is 0 Å². The van der Waals surface area contributed by atoms with Gasteiger partial charge in [0, 0.05) is 25.5 Å². The van der Waals surface area contributed by atoms with Gasteiger partial charge in [-0.25, -0.2) is 4.98 Å². The van der Waals surface area contributed by atoms with Crippen molar-refractivity contribution >= 4 is 5.82 Å². The predicted octanol–water partition coefficient (Wildman–Crippen LogP) is 0.827. The van der Waals surface area contributed by atoms with Gasteiger partial charge in [-0.15, -0.1) is 0 Å². The maximum atomic E-state index is 11.9. The number of aromatic nitrogens is 2. The number of aryl methyl sites for hydroxylation is 1. The lowest BCUT2D eigenvalue weighted by atomic mass is 10.3. The molecule has 0 aliphatic carbocycles. The second kappa shape index (κ2) is 5.07. The minimum absolute atomic E-state index is 0.0588. The Kier molecular flexibility index (Phi) is 3.68. The summed E-state index contributed by atoms with van der Waals surface area (Å²) in [4.78, 5) is 15.9. The lowest BCUT2D eigenvalue weighted by Crippen LogP contribution is -2.30. The summed E-state index contributed by atoms with van der Waals surface area (Å²) in [6.45, 7) is 7.33. The molecule has 2 rings (SSSR count). The van der Waals surface area contributed by atoms with E-state index in [1.165, 1.54) is 0 Å². The van der Waals surface area contributed by atoms with E-state index in [0.29, 0.717) is 25.5 Å². The molecule has 18 heavy (non-hydrogen) atoms. The van der Waals surface area contributed by atoms with Crippen LogP contribution in [-0.4, -0.2) is 34.6 Å². The van der Waals surface area contributed by atoms with Crippen LogP contribution in [0.4, 0.5) is 5.82 Å². The molecule has 0 bridgehead atoms. The van der Waals surface area contributed by atoms with E-state index >= 15 is 0 Å².